The SMILES string of the molecule is O=C(Nc1ccc(F)c(Cl)c1)c1cccc2c1C=CS2(=O)=O. The fraction of sp³-hybridized carbons (Fsp3) is 0. The molecule has 0 atom stereocenters. The van der Waals surface area contributed by atoms with Crippen LogP contribution in [0.2, 0.25) is 5.02 Å². The summed E-state index contributed by atoms with van der Waals surface area (Å²) in [6.45, 7) is 0. The number of anilines is 1. The molecule has 1 amide bonds. The van der Waals surface area contributed by atoms with Crippen molar-refractivity contribution in [3.8, 4) is 0 Å². The summed E-state index contributed by atoms with van der Waals surface area (Å²) in [7, 11) is -3.48. The van der Waals surface area contributed by atoms with Crippen molar-refractivity contribution in [2.24, 2.45) is 0 Å². The Morgan fingerprint density at radius 3 is 2.68 bits per heavy atom. The van der Waals surface area contributed by atoms with Crippen LogP contribution in [0.15, 0.2) is 46.7 Å². The lowest BCUT2D eigenvalue weighted by Gasteiger charge is -2.09. The first-order chi connectivity index (χ1) is 10.4. The van der Waals surface area contributed by atoms with Crippen molar-refractivity contribution >= 4 is 39.1 Å². The maximum atomic E-state index is 13.1. The van der Waals surface area contributed by atoms with Gasteiger partial charge < -0.3 is 5.32 Å². The number of hydrogen-bond donors (Lipinski definition) is 1. The van der Waals surface area contributed by atoms with Gasteiger partial charge in [-0.2, -0.15) is 0 Å². The first-order valence-electron chi connectivity index (χ1n) is 6.21. The first kappa shape index (κ1) is 14.7. The van der Waals surface area contributed by atoms with Gasteiger partial charge in [0.25, 0.3) is 5.91 Å². The Bertz CT molecular complexity index is 922. The van der Waals surface area contributed by atoms with Crippen molar-refractivity contribution in [2.45, 2.75) is 4.90 Å². The fourth-order valence-corrected chi connectivity index (χ4v) is 3.56. The van der Waals surface area contributed by atoms with E-state index >= 15 is 0 Å². The average molecular weight is 338 g/mol. The predicted octanol–water partition coefficient (Wildman–Crippen LogP) is 3.49. The summed E-state index contributed by atoms with van der Waals surface area (Å²) >= 11 is 5.66. The maximum Gasteiger partial charge on any atom is 0.256 e. The van der Waals surface area contributed by atoms with Crippen molar-refractivity contribution in [1.29, 1.82) is 0 Å². The van der Waals surface area contributed by atoms with Crippen LogP contribution in [0.25, 0.3) is 6.08 Å². The Morgan fingerprint density at radius 2 is 1.95 bits per heavy atom. The van der Waals surface area contributed by atoms with Gasteiger partial charge in [0.2, 0.25) is 0 Å². The van der Waals surface area contributed by atoms with Gasteiger partial charge in [-0.05, 0) is 36.4 Å². The Hall–Kier alpha value is -2.18. The van der Waals surface area contributed by atoms with Crippen LogP contribution in [-0.4, -0.2) is 14.3 Å². The van der Waals surface area contributed by atoms with Crippen LogP contribution in [0.4, 0.5) is 10.1 Å². The number of halogens is 2. The summed E-state index contributed by atoms with van der Waals surface area (Å²) < 4.78 is 36.7. The number of nitrogens with one attached hydrogen (secondary N) is 1. The standard InChI is InChI=1S/C15H9ClFNO3S/c16-12-8-9(4-5-13(12)17)18-15(19)11-2-1-3-14-10(11)6-7-22(14,20)21/h1-8H,(H,18,19). The van der Waals surface area contributed by atoms with Crippen molar-refractivity contribution in [3.05, 3.63) is 63.8 Å². The monoisotopic (exact) mass is 337 g/mol. The third kappa shape index (κ3) is 2.51. The Labute approximate surface area is 131 Å². The van der Waals surface area contributed by atoms with E-state index in [4.69, 9.17) is 11.6 Å². The third-order valence-corrected chi connectivity index (χ3v) is 4.96. The third-order valence-electron chi connectivity index (χ3n) is 3.21. The van der Waals surface area contributed by atoms with E-state index in [0.29, 0.717) is 11.3 Å². The molecule has 2 aromatic carbocycles. The van der Waals surface area contributed by atoms with E-state index in [1.165, 1.54) is 36.4 Å². The van der Waals surface area contributed by atoms with Gasteiger partial charge >= 0.3 is 0 Å². The van der Waals surface area contributed by atoms with Crippen molar-refractivity contribution in [2.75, 3.05) is 5.32 Å². The number of benzene rings is 2. The van der Waals surface area contributed by atoms with E-state index < -0.39 is 21.6 Å². The zero-order valence-electron chi connectivity index (χ0n) is 11.0. The highest BCUT2D eigenvalue weighted by Crippen LogP contribution is 2.30. The normalized spacial score (nSPS) is 14.6. The smallest absolute Gasteiger partial charge is 0.256 e. The number of fused-ring (bicyclic) bond motifs is 1. The van der Waals surface area contributed by atoms with Crippen LogP contribution in [0.1, 0.15) is 15.9 Å². The van der Waals surface area contributed by atoms with E-state index in [9.17, 15) is 17.6 Å². The minimum absolute atomic E-state index is 0.0947. The molecular formula is C15H9ClFNO3S. The summed E-state index contributed by atoms with van der Waals surface area (Å²) in [5.74, 6) is -1.09. The quantitative estimate of drug-likeness (QED) is 0.912. The number of carbonyl (C=O) groups excluding carboxylic acids is 1. The molecule has 0 aromatic heterocycles. The summed E-state index contributed by atoms with van der Waals surface area (Å²) in [6.07, 6.45) is 1.39. The van der Waals surface area contributed by atoms with Gasteiger partial charge in [0.15, 0.2) is 9.84 Å². The summed E-state index contributed by atoms with van der Waals surface area (Å²) in [5, 5.41) is 3.51. The average Bonchev–Trinajstić information content (AvgIpc) is 2.79. The van der Waals surface area contributed by atoms with Crippen LogP contribution in [0.3, 0.4) is 0 Å². The molecule has 2 aromatic rings. The molecule has 22 heavy (non-hydrogen) atoms. The number of amides is 1. The van der Waals surface area contributed by atoms with Crippen LogP contribution in [0, 0.1) is 5.82 Å². The van der Waals surface area contributed by atoms with Gasteiger partial charge in [-0.25, -0.2) is 12.8 Å². The second kappa shape index (κ2) is 5.23. The maximum absolute atomic E-state index is 13.1. The predicted molar refractivity (Wildman–Crippen MR) is 82.0 cm³/mol. The fourth-order valence-electron chi connectivity index (χ4n) is 2.17. The minimum atomic E-state index is -3.48. The van der Waals surface area contributed by atoms with E-state index in [0.717, 1.165) is 11.5 Å². The molecule has 0 aliphatic carbocycles. The summed E-state index contributed by atoms with van der Waals surface area (Å²) in [5.41, 5.74) is 0.877. The molecule has 112 valence electrons. The molecular weight excluding hydrogens is 329 g/mol. The molecule has 0 bridgehead atoms. The van der Waals surface area contributed by atoms with E-state index in [2.05, 4.69) is 5.32 Å². The zero-order valence-corrected chi connectivity index (χ0v) is 12.6. The van der Waals surface area contributed by atoms with E-state index in [1.807, 2.05) is 0 Å². The highest BCUT2D eigenvalue weighted by molar-refractivity contribution is 7.94. The number of carbonyl (C=O) groups is 1. The lowest BCUT2D eigenvalue weighted by Crippen LogP contribution is -2.14. The summed E-state index contributed by atoms with van der Waals surface area (Å²) in [6, 6.07) is 8.24. The molecule has 1 aliphatic rings. The topological polar surface area (TPSA) is 63.2 Å². The van der Waals surface area contributed by atoms with Crippen LogP contribution in [-0.2, 0) is 9.84 Å². The van der Waals surface area contributed by atoms with Gasteiger partial charge in [0.1, 0.15) is 5.82 Å². The first-order valence-corrected chi connectivity index (χ1v) is 8.13. The number of sulfone groups is 1. The second-order valence-electron chi connectivity index (χ2n) is 4.65. The highest BCUT2D eigenvalue weighted by Gasteiger charge is 2.25. The molecule has 3 rings (SSSR count). The zero-order chi connectivity index (χ0) is 15.9. The molecule has 0 spiro atoms. The molecule has 1 heterocycles. The molecule has 7 heteroatoms. The second-order valence-corrected chi connectivity index (χ2v) is 6.86. The summed E-state index contributed by atoms with van der Waals surface area (Å²) in [4.78, 5) is 12.4. The number of rotatable bonds is 2. The molecule has 4 nitrogen and oxygen atoms in total. The highest BCUT2D eigenvalue weighted by atomic mass is 35.5. The van der Waals surface area contributed by atoms with Crippen LogP contribution in [0.5, 0.6) is 0 Å². The van der Waals surface area contributed by atoms with Gasteiger partial charge in [0.05, 0.1) is 9.92 Å². The molecule has 0 saturated heterocycles. The molecule has 1 N–H and O–H groups in total. The van der Waals surface area contributed by atoms with Gasteiger partial charge in [-0.1, -0.05) is 17.7 Å². The van der Waals surface area contributed by atoms with Gasteiger partial charge in [-0.15, -0.1) is 0 Å². The van der Waals surface area contributed by atoms with Crippen LogP contribution < -0.4 is 5.32 Å². The van der Waals surface area contributed by atoms with Gasteiger partial charge in [0, 0.05) is 22.2 Å². The van der Waals surface area contributed by atoms with Crippen molar-refractivity contribution in [1.82, 2.24) is 0 Å². The number of hydrogen-bond acceptors (Lipinski definition) is 3. The molecule has 0 unspecified atom stereocenters. The molecule has 0 saturated carbocycles. The van der Waals surface area contributed by atoms with E-state index in [1.54, 1.807) is 0 Å². The molecule has 0 fully saturated rings. The largest absolute Gasteiger partial charge is 0.322 e. The molecule has 0 radical (unpaired) electrons. The Kier molecular flexibility index (Phi) is 3.50. The Balaban J connectivity index is 1.96. The van der Waals surface area contributed by atoms with E-state index in [-0.39, 0.29) is 15.5 Å². The lowest BCUT2D eigenvalue weighted by molar-refractivity contribution is 0.102. The lowest BCUT2D eigenvalue weighted by atomic mass is 10.1. The van der Waals surface area contributed by atoms with Crippen molar-refractivity contribution in [3.63, 3.8) is 0 Å². The molecule has 1 aliphatic heterocycles. The minimum Gasteiger partial charge on any atom is -0.322 e. The van der Waals surface area contributed by atoms with Gasteiger partial charge in [-0.3, -0.25) is 4.79 Å². The van der Waals surface area contributed by atoms with Crippen LogP contribution >= 0.6 is 11.6 Å². The van der Waals surface area contributed by atoms with Crippen molar-refractivity contribution < 1.29 is 17.6 Å². The Morgan fingerprint density at radius 1 is 1.18 bits per heavy atom.